The predicted octanol–water partition coefficient (Wildman–Crippen LogP) is 3.04. The molecule has 0 spiro atoms. The number of nitro groups is 1. The van der Waals surface area contributed by atoms with Crippen LogP contribution in [0.15, 0.2) is 18.2 Å². The lowest BCUT2D eigenvalue weighted by atomic mass is 9.95. The number of alkyl halides is 1. The summed E-state index contributed by atoms with van der Waals surface area (Å²) in [6.07, 6.45) is 3.83. The number of amides is 1. The third-order valence-corrected chi connectivity index (χ3v) is 4.55. The Bertz CT molecular complexity index is 542. The highest BCUT2D eigenvalue weighted by molar-refractivity contribution is 9.09. The summed E-state index contributed by atoms with van der Waals surface area (Å²) in [7, 11) is 1.33. The first kappa shape index (κ1) is 15.8. The SMILES string of the molecule is COc1c(C(=O)NC2CCC(Br)CC2)cccc1[N+](=O)[O-]. The number of para-hydroxylation sites is 1. The molecule has 0 saturated heterocycles. The molecular weight excluding hydrogens is 340 g/mol. The van der Waals surface area contributed by atoms with E-state index in [-0.39, 0.29) is 28.9 Å². The van der Waals surface area contributed by atoms with Crippen molar-refractivity contribution < 1.29 is 14.5 Å². The standard InChI is InChI=1S/C14H17BrN2O4/c1-21-13-11(3-2-4-12(13)17(19)20)14(18)16-10-7-5-9(15)6-8-10/h2-4,9-10H,5-8H2,1H3,(H,16,18). The van der Waals surface area contributed by atoms with Crippen LogP contribution in [0.1, 0.15) is 36.0 Å². The van der Waals surface area contributed by atoms with Gasteiger partial charge in [-0.2, -0.15) is 0 Å². The van der Waals surface area contributed by atoms with Crippen molar-refractivity contribution in [1.82, 2.24) is 5.32 Å². The molecule has 0 unspecified atom stereocenters. The minimum absolute atomic E-state index is 0.00850. The fourth-order valence-electron chi connectivity index (χ4n) is 2.52. The van der Waals surface area contributed by atoms with Gasteiger partial charge in [-0.05, 0) is 31.7 Å². The van der Waals surface area contributed by atoms with Crippen molar-refractivity contribution in [1.29, 1.82) is 0 Å². The van der Waals surface area contributed by atoms with Gasteiger partial charge in [0.1, 0.15) is 0 Å². The lowest BCUT2D eigenvalue weighted by Gasteiger charge is -2.26. The van der Waals surface area contributed by atoms with E-state index in [2.05, 4.69) is 21.2 Å². The summed E-state index contributed by atoms with van der Waals surface area (Å²) in [5.41, 5.74) is 0.00184. The Labute approximate surface area is 131 Å². The number of halogens is 1. The van der Waals surface area contributed by atoms with Crippen LogP contribution in [0.25, 0.3) is 0 Å². The van der Waals surface area contributed by atoms with Crippen LogP contribution >= 0.6 is 15.9 Å². The number of rotatable bonds is 4. The van der Waals surface area contributed by atoms with Gasteiger partial charge in [0.25, 0.3) is 5.91 Å². The average Bonchev–Trinajstić information content (AvgIpc) is 2.48. The summed E-state index contributed by atoms with van der Waals surface area (Å²) < 4.78 is 5.06. The minimum atomic E-state index is -0.550. The van der Waals surface area contributed by atoms with Gasteiger partial charge in [0, 0.05) is 16.9 Å². The summed E-state index contributed by atoms with van der Waals surface area (Å²) >= 11 is 3.57. The number of carbonyl (C=O) groups excluding carboxylic acids is 1. The molecule has 0 heterocycles. The van der Waals surface area contributed by atoms with Crippen LogP contribution in [0.3, 0.4) is 0 Å². The molecule has 1 amide bonds. The first-order valence-electron chi connectivity index (χ1n) is 6.79. The molecule has 1 aromatic rings. The molecule has 1 saturated carbocycles. The van der Waals surface area contributed by atoms with E-state index in [1.165, 1.54) is 25.3 Å². The Morgan fingerprint density at radius 1 is 1.38 bits per heavy atom. The van der Waals surface area contributed by atoms with Gasteiger partial charge in [0.2, 0.25) is 5.75 Å². The first-order chi connectivity index (χ1) is 10.0. The molecule has 0 aliphatic heterocycles. The van der Waals surface area contributed by atoms with Crippen molar-refractivity contribution in [2.24, 2.45) is 0 Å². The van der Waals surface area contributed by atoms with E-state index in [9.17, 15) is 14.9 Å². The summed E-state index contributed by atoms with van der Waals surface area (Å²) in [4.78, 5) is 23.3. The number of methoxy groups -OCH3 is 1. The molecule has 0 aromatic heterocycles. The quantitative estimate of drug-likeness (QED) is 0.510. The number of ether oxygens (including phenoxy) is 1. The Morgan fingerprint density at radius 3 is 2.62 bits per heavy atom. The second-order valence-electron chi connectivity index (χ2n) is 5.04. The molecule has 0 radical (unpaired) electrons. The lowest BCUT2D eigenvalue weighted by Crippen LogP contribution is -2.37. The van der Waals surface area contributed by atoms with Crippen LogP contribution in [0.2, 0.25) is 0 Å². The minimum Gasteiger partial charge on any atom is -0.490 e. The van der Waals surface area contributed by atoms with Gasteiger partial charge in [0.05, 0.1) is 17.6 Å². The summed E-state index contributed by atoms with van der Waals surface area (Å²) in [5.74, 6) is -0.317. The third kappa shape index (κ3) is 3.72. The molecule has 1 aliphatic rings. The van der Waals surface area contributed by atoms with Crippen molar-refractivity contribution in [3.63, 3.8) is 0 Å². The maximum atomic E-state index is 12.3. The highest BCUT2D eigenvalue weighted by Gasteiger charge is 2.25. The second-order valence-corrected chi connectivity index (χ2v) is 6.33. The lowest BCUT2D eigenvalue weighted by molar-refractivity contribution is -0.385. The van der Waals surface area contributed by atoms with Crippen molar-refractivity contribution in [2.45, 2.75) is 36.6 Å². The highest BCUT2D eigenvalue weighted by atomic mass is 79.9. The number of nitro benzene ring substituents is 1. The molecule has 7 heteroatoms. The topological polar surface area (TPSA) is 81.5 Å². The number of nitrogens with zero attached hydrogens (tertiary/aromatic N) is 1. The van der Waals surface area contributed by atoms with Crippen LogP contribution in [-0.2, 0) is 0 Å². The van der Waals surface area contributed by atoms with Gasteiger partial charge in [0.15, 0.2) is 0 Å². The van der Waals surface area contributed by atoms with Gasteiger partial charge < -0.3 is 10.1 Å². The number of nitrogens with one attached hydrogen (secondary N) is 1. The summed E-state index contributed by atoms with van der Waals surface area (Å²) in [6.45, 7) is 0. The maximum Gasteiger partial charge on any atom is 0.311 e. The van der Waals surface area contributed by atoms with E-state index in [4.69, 9.17) is 4.74 Å². The summed E-state index contributed by atoms with van der Waals surface area (Å²) in [5, 5.41) is 13.9. The third-order valence-electron chi connectivity index (χ3n) is 3.63. The van der Waals surface area contributed by atoms with E-state index < -0.39 is 4.92 Å². The van der Waals surface area contributed by atoms with E-state index in [1.54, 1.807) is 0 Å². The van der Waals surface area contributed by atoms with Crippen LogP contribution in [-0.4, -0.2) is 28.8 Å². The Morgan fingerprint density at radius 2 is 2.05 bits per heavy atom. The molecule has 0 atom stereocenters. The van der Waals surface area contributed by atoms with Crippen LogP contribution in [0.4, 0.5) is 5.69 Å². The zero-order valence-corrected chi connectivity index (χ0v) is 13.3. The Balaban J connectivity index is 2.15. The van der Waals surface area contributed by atoms with Crippen LogP contribution in [0, 0.1) is 10.1 Å². The maximum absolute atomic E-state index is 12.3. The first-order valence-corrected chi connectivity index (χ1v) is 7.70. The van der Waals surface area contributed by atoms with Crippen molar-refractivity contribution in [3.05, 3.63) is 33.9 Å². The molecule has 1 aliphatic carbocycles. The fourth-order valence-corrected chi connectivity index (χ4v) is 3.05. The largest absolute Gasteiger partial charge is 0.490 e. The number of carbonyl (C=O) groups is 1. The zero-order chi connectivity index (χ0) is 15.4. The predicted molar refractivity (Wildman–Crippen MR) is 82.1 cm³/mol. The number of hydrogen-bond donors (Lipinski definition) is 1. The second kappa shape index (κ2) is 6.89. The molecule has 114 valence electrons. The summed E-state index contributed by atoms with van der Waals surface area (Å²) in [6, 6.07) is 4.46. The molecule has 1 aromatic carbocycles. The number of benzene rings is 1. The van der Waals surface area contributed by atoms with E-state index in [0.717, 1.165) is 25.7 Å². The van der Waals surface area contributed by atoms with Gasteiger partial charge in [-0.15, -0.1) is 0 Å². The van der Waals surface area contributed by atoms with Crippen molar-refractivity contribution in [3.8, 4) is 5.75 Å². The van der Waals surface area contributed by atoms with Crippen molar-refractivity contribution >= 4 is 27.5 Å². The van der Waals surface area contributed by atoms with Crippen molar-refractivity contribution in [2.75, 3.05) is 7.11 Å². The zero-order valence-electron chi connectivity index (χ0n) is 11.7. The normalized spacial score (nSPS) is 21.6. The fraction of sp³-hybridized carbons (Fsp3) is 0.500. The smallest absolute Gasteiger partial charge is 0.311 e. The number of hydrogen-bond acceptors (Lipinski definition) is 4. The van der Waals surface area contributed by atoms with E-state index >= 15 is 0 Å². The monoisotopic (exact) mass is 356 g/mol. The van der Waals surface area contributed by atoms with Crippen LogP contribution in [0.5, 0.6) is 5.75 Å². The molecule has 0 bridgehead atoms. The van der Waals surface area contributed by atoms with E-state index in [0.29, 0.717) is 4.83 Å². The Hall–Kier alpha value is -1.63. The van der Waals surface area contributed by atoms with Gasteiger partial charge in [-0.3, -0.25) is 14.9 Å². The molecule has 1 fully saturated rings. The van der Waals surface area contributed by atoms with E-state index in [1.807, 2.05) is 0 Å². The molecule has 21 heavy (non-hydrogen) atoms. The van der Waals surface area contributed by atoms with Gasteiger partial charge >= 0.3 is 5.69 Å². The van der Waals surface area contributed by atoms with Crippen LogP contribution < -0.4 is 10.1 Å². The average molecular weight is 357 g/mol. The van der Waals surface area contributed by atoms with Gasteiger partial charge in [-0.1, -0.05) is 22.0 Å². The highest BCUT2D eigenvalue weighted by Crippen LogP contribution is 2.31. The van der Waals surface area contributed by atoms with Gasteiger partial charge in [-0.25, -0.2) is 0 Å². The molecule has 1 N–H and O–H groups in total. The Kier molecular flexibility index (Phi) is 5.17. The molecule has 2 rings (SSSR count). The molecule has 6 nitrogen and oxygen atoms in total. The molecular formula is C14H17BrN2O4.